The van der Waals surface area contributed by atoms with Crippen LogP contribution in [-0.4, -0.2) is 71.4 Å². The summed E-state index contributed by atoms with van der Waals surface area (Å²) < 4.78 is 7.74. The van der Waals surface area contributed by atoms with Crippen LogP contribution in [0.5, 0.6) is 0 Å². The quantitative estimate of drug-likeness (QED) is 0.361. The number of hydrogen-bond acceptors (Lipinski definition) is 6. The minimum atomic E-state index is 0.492. The molecule has 0 unspecified atom stereocenters. The first-order valence-electron chi connectivity index (χ1n) is 9.59. The second-order valence-corrected chi connectivity index (χ2v) is 10.1. The fraction of sp³-hybridized carbons (Fsp3) is 1.00. The van der Waals surface area contributed by atoms with Gasteiger partial charge in [0.1, 0.15) is 0 Å². The van der Waals surface area contributed by atoms with Crippen LogP contribution in [0, 0.1) is 0 Å². The van der Waals surface area contributed by atoms with E-state index in [1.807, 2.05) is 0 Å². The van der Waals surface area contributed by atoms with Crippen LogP contribution in [0.2, 0.25) is 0 Å². The Morgan fingerprint density at radius 2 is 0.792 bits per heavy atom. The van der Waals surface area contributed by atoms with E-state index in [9.17, 15) is 0 Å². The summed E-state index contributed by atoms with van der Waals surface area (Å²) in [4.78, 5) is 0. The first-order valence-corrected chi connectivity index (χ1v) is 12.7. The Balaban J connectivity index is 2.76. The summed E-state index contributed by atoms with van der Waals surface area (Å²) >= 11 is 6.37. The van der Waals surface area contributed by atoms with E-state index in [1.165, 1.54) is 55.8 Å². The van der Waals surface area contributed by atoms with Gasteiger partial charge >= 0.3 is 18.8 Å². The van der Waals surface area contributed by atoms with E-state index in [-0.39, 0.29) is 0 Å². The minimum Gasteiger partial charge on any atom is -0.340 e. The van der Waals surface area contributed by atoms with E-state index in [0.717, 1.165) is 0 Å². The maximum Gasteiger partial charge on any atom is 0.362 e. The zero-order valence-corrected chi connectivity index (χ0v) is 19.1. The molecule has 9 heteroatoms. The summed E-state index contributed by atoms with van der Waals surface area (Å²) in [6.07, 6.45) is 9.30. The Morgan fingerprint density at radius 3 is 1.00 bits per heavy atom. The monoisotopic (exact) mass is 387 g/mol. The van der Waals surface area contributed by atoms with Gasteiger partial charge in [-0.1, -0.05) is 40.0 Å². The Morgan fingerprint density at radius 1 is 0.542 bits per heavy atom. The third-order valence-electron chi connectivity index (χ3n) is 4.38. The van der Waals surface area contributed by atoms with Crippen molar-refractivity contribution < 1.29 is 0 Å². The number of rotatable bonds is 12. The Hall–Kier alpha value is 1.12. The lowest BCUT2D eigenvalue weighted by Crippen LogP contribution is -2.72. The van der Waals surface area contributed by atoms with Crippen LogP contribution in [0.3, 0.4) is 0 Å². The van der Waals surface area contributed by atoms with Crippen molar-refractivity contribution >= 4 is 53.6 Å². The fourth-order valence-electron chi connectivity index (χ4n) is 2.89. The maximum absolute atomic E-state index is 2.58. The zero-order valence-electron chi connectivity index (χ0n) is 16.7. The SMILES string of the molecule is CCCCSB1N(C)B(SCCCC)N(C)B(SCCCC)N1C. The van der Waals surface area contributed by atoms with Gasteiger partial charge < -0.3 is 14.2 Å². The van der Waals surface area contributed by atoms with Crippen LogP contribution in [0.4, 0.5) is 0 Å². The van der Waals surface area contributed by atoms with E-state index >= 15 is 0 Å². The van der Waals surface area contributed by atoms with Crippen molar-refractivity contribution in [3.8, 4) is 0 Å². The average Bonchev–Trinajstić information content (AvgIpc) is 2.57. The Kier molecular flexibility index (Phi) is 12.9. The highest BCUT2D eigenvalue weighted by Gasteiger charge is 2.49. The predicted molar refractivity (Wildman–Crippen MR) is 123 cm³/mol. The summed E-state index contributed by atoms with van der Waals surface area (Å²) in [6, 6.07) is 0. The van der Waals surface area contributed by atoms with Gasteiger partial charge in [0.05, 0.1) is 0 Å². The molecule has 1 saturated heterocycles. The van der Waals surface area contributed by atoms with Crippen LogP contribution in [0.25, 0.3) is 0 Å². The molecule has 0 spiro atoms. The molecule has 0 radical (unpaired) electrons. The molecule has 0 atom stereocenters. The third kappa shape index (κ3) is 7.03. The summed E-state index contributed by atoms with van der Waals surface area (Å²) in [5, 5.41) is 0. The molecular formula is C15H36B3N3S3. The normalized spacial score (nSPS) is 18.0. The van der Waals surface area contributed by atoms with Gasteiger partial charge in [-0.3, -0.25) is 0 Å². The third-order valence-corrected chi connectivity index (χ3v) is 8.85. The van der Waals surface area contributed by atoms with Crippen molar-refractivity contribution in [1.82, 2.24) is 14.2 Å². The molecule has 1 fully saturated rings. The molecule has 1 rings (SSSR count). The van der Waals surface area contributed by atoms with Crippen LogP contribution in [0.1, 0.15) is 59.3 Å². The lowest BCUT2D eigenvalue weighted by molar-refractivity contribution is 0.582. The van der Waals surface area contributed by atoms with Gasteiger partial charge in [-0.05, 0) is 57.7 Å². The number of hydrogen-bond donors (Lipinski definition) is 0. The molecule has 0 aromatic rings. The van der Waals surface area contributed by atoms with Gasteiger partial charge in [0.2, 0.25) is 0 Å². The van der Waals surface area contributed by atoms with Crippen molar-refractivity contribution in [3.05, 3.63) is 0 Å². The highest BCUT2D eigenvalue weighted by Crippen LogP contribution is 2.32. The van der Waals surface area contributed by atoms with E-state index in [1.54, 1.807) is 0 Å². The Bertz CT molecular complexity index is 272. The van der Waals surface area contributed by atoms with Crippen molar-refractivity contribution in [2.45, 2.75) is 59.3 Å². The molecular weight excluding hydrogens is 351 g/mol. The largest absolute Gasteiger partial charge is 0.362 e. The molecule has 138 valence electrons. The predicted octanol–water partition coefficient (Wildman–Crippen LogP) is 4.35. The summed E-state index contributed by atoms with van der Waals surface area (Å²) in [5.41, 5.74) is 0. The summed E-state index contributed by atoms with van der Waals surface area (Å²) in [5.74, 6) is 3.79. The molecule has 1 aliphatic rings. The fourth-order valence-corrected chi connectivity index (χ4v) is 7.23. The molecule has 0 aliphatic carbocycles. The average molecular weight is 387 g/mol. The van der Waals surface area contributed by atoms with E-state index < -0.39 is 0 Å². The van der Waals surface area contributed by atoms with E-state index in [2.05, 4.69) is 90.9 Å². The van der Waals surface area contributed by atoms with Gasteiger partial charge in [-0.25, -0.2) is 0 Å². The molecule has 0 aromatic heterocycles. The van der Waals surface area contributed by atoms with Gasteiger partial charge in [0, 0.05) is 0 Å². The van der Waals surface area contributed by atoms with Crippen LogP contribution in [0.15, 0.2) is 0 Å². The molecule has 0 N–H and O–H groups in total. The second-order valence-electron chi connectivity index (χ2n) is 6.65. The molecule has 24 heavy (non-hydrogen) atoms. The molecule has 0 bridgehead atoms. The van der Waals surface area contributed by atoms with Crippen LogP contribution >= 0.6 is 34.8 Å². The van der Waals surface area contributed by atoms with E-state index in [0.29, 0.717) is 18.8 Å². The highest BCUT2D eigenvalue weighted by atomic mass is 32.2. The van der Waals surface area contributed by atoms with Gasteiger partial charge in [-0.15, -0.1) is 0 Å². The van der Waals surface area contributed by atoms with Crippen molar-refractivity contribution in [1.29, 1.82) is 0 Å². The van der Waals surface area contributed by atoms with Crippen molar-refractivity contribution in [3.63, 3.8) is 0 Å². The standard InChI is InChI=1S/C15H36B3N3S3/c1-7-10-13-22-16-19(4)17(23-14-11-8-2)21(6)18(20(16)5)24-15-12-9-3/h7-15H2,1-6H3. The van der Waals surface area contributed by atoms with Gasteiger partial charge in [0.25, 0.3) is 0 Å². The van der Waals surface area contributed by atoms with Gasteiger partial charge in [0.15, 0.2) is 0 Å². The smallest absolute Gasteiger partial charge is 0.340 e. The van der Waals surface area contributed by atoms with Crippen molar-refractivity contribution in [2.75, 3.05) is 38.4 Å². The van der Waals surface area contributed by atoms with E-state index in [4.69, 9.17) is 0 Å². The molecule has 0 aromatic carbocycles. The van der Waals surface area contributed by atoms with Crippen molar-refractivity contribution in [2.24, 2.45) is 0 Å². The molecule has 1 aliphatic heterocycles. The Labute approximate surface area is 165 Å². The van der Waals surface area contributed by atoms with Gasteiger partial charge in [-0.2, -0.15) is 34.8 Å². The molecule has 0 amide bonds. The lowest BCUT2D eigenvalue weighted by Gasteiger charge is -2.49. The minimum absolute atomic E-state index is 0.492. The summed E-state index contributed by atoms with van der Waals surface area (Å²) in [7, 11) is 6.94. The second kappa shape index (κ2) is 13.3. The maximum atomic E-state index is 2.58. The molecule has 0 saturated carbocycles. The zero-order chi connectivity index (χ0) is 17.9. The molecule has 1 heterocycles. The number of nitrogens with zero attached hydrogens (tertiary/aromatic N) is 3. The first kappa shape index (κ1) is 23.2. The topological polar surface area (TPSA) is 9.72 Å². The molecule has 3 nitrogen and oxygen atoms in total. The van der Waals surface area contributed by atoms with Crippen LogP contribution in [-0.2, 0) is 0 Å². The first-order chi connectivity index (χ1) is 11.6. The highest BCUT2D eigenvalue weighted by molar-refractivity contribution is 8.31. The lowest BCUT2D eigenvalue weighted by atomic mass is 9.73. The van der Waals surface area contributed by atoms with Crippen LogP contribution < -0.4 is 0 Å². The summed E-state index contributed by atoms with van der Waals surface area (Å²) in [6.45, 7) is 6.86. The number of unbranched alkanes of at least 4 members (excludes halogenated alkanes) is 3.